The maximum atomic E-state index is 13.1. The van der Waals surface area contributed by atoms with E-state index in [2.05, 4.69) is 22.5 Å². The molecule has 0 spiro atoms. The molecule has 0 aromatic heterocycles. The number of amides is 2. The first-order valence-electron chi connectivity index (χ1n) is 9.38. The number of anilines is 1. The number of halogens is 3. The number of carbonyl (C=O) groups is 1. The predicted molar refractivity (Wildman–Crippen MR) is 95.0 cm³/mol. The van der Waals surface area contributed by atoms with Gasteiger partial charge in [0.15, 0.2) is 0 Å². The highest BCUT2D eigenvalue weighted by Gasteiger charge is 2.38. The summed E-state index contributed by atoms with van der Waals surface area (Å²) < 4.78 is 39.2. The Bertz CT molecular complexity index is 621. The first-order valence-corrected chi connectivity index (χ1v) is 9.38. The van der Waals surface area contributed by atoms with Gasteiger partial charge in [-0.3, -0.25) is 4.90 Å². The number of hydrogen-bond acceptors (Lipinski definition) is 2. The van der Waals surface area contributed by atoms with Crippen molar-refractivity contribution in [2.45, 2.75) is 69.8 Å². The van der Waals surface area contributed by atoms with Gasteiger partial charge in [-0.2, -0.15) is 13.2 Å². The highest BCUT2D eigenvalue weighted by molar-refractivity contribution is 5.90. The molecule has 0 saturated carbocycles. The monoisotopic (exact) mass is 369 g/mol. The van der Waals surface area contributed by atoms with Crippen LogP contribution >= 0.6 is 0 Å². The Morgan fingerprint density at radius 1 is 1.19 bits per heavy atom. The van der Waals surface area contributed by atoms with Crippen LogP contribution in [0, 0.1) is 0 Å². The van der Waals surface area contributed by atoms with Gasteiger partial charge in [-0.05, 0) is 50.8 Å². The molecule has 0 radical (unpaired) electrons. The predicted octanol–water partition coefficient (Wildman–Crippen LogP) is 4.62. The average Bonchev–Trinajstić information content (AvgIpc) is 2.55. The number of nitrogens with one attached hydrogen (secondary N) is 2. The Morgan fingerprint density at radius 2 is 1.85 bits per heavy atom. The minimum atomic E-state index is -4.49. The molecule has 1 aromatic carbocycles. The quantitative estimate of drug-likeness (QED) is 0.813. The number of carbonyl (C=O) groups excluding carboxylic acids is 1. The SMILES string of the molecule is CCCN1[C@H]2CCC[C@H]1CC(NC(=O)Nc1ccccc1C(F)(F)F)C2. The highest BCUT2D eigenvalue weighted by Crippen LogP contribution is 2.35. The van der Waals surface area contributed by atoms with Crippen molar-refractivity contribution in [3.05, 3.63) is 29.8 Å². The number of piperidine rings is 2. The third kappa shape index (κ3) is 4.31. The van der Waals surface area contributed by atoms with Crippen molar-refractivity contribution >= 4 is 11.7 Å². The zero-order valence-corrected chi connectivity index (χ0v) is 15.0. The standard InChI is InChI=1S/C19H26F3N3O/c1-2-10-25-14-6-5-7-15(25)12-13(11-14)23-18(26)24-17-9-4-3-8-16(17)19(20,21)22/h3-4,8-9,13-15H,2,5-7,10-12H2,1H3,(H2,23,24,26)/t14-,15-/m0/s1. The van der Waals surface area contributed by atoms with Gasteiger partial charge < -0.3 is 10.6 Å². The number of benzene rings is 1. The van der Waals surface area contributed by atoms with Gasteiger partial charge in [-0.1, -0.05) is 25.5 Å². The molecule has 2 saturated heterocycles. The summed E-state index contributed by atoms with van der Waals surface area (Å²) in [6.45, 7) is 3.25. The van der Waals surface area contributed by atoms with E-state index in [1.807, 2.05) is 0 Å². The maximum absolute atomic E-state index is 13.1. The van der Waals surface area contributed by atoms with Crippen molar-refractivity contribution in [3.8, 4) is 0 Å². The number of rotatable bonds is 4. The first-order chi connectivity index (χ1) is 12.4. The molecule has 4 nitrogen and oxygen atoms in total. The van der Waals surface area contributed by atoms with Crippen molar-refractivity contribution in [3.63, 3.8) is 0 Å². The molecule has 2 aliphatic heterocycles. The molecule has 7 heteroatoms. The van der Waals surface area contributed by atoms with Gasteiger partial charge in [0.2, 0.25) is 0 Å². The lowest BCUT2D eigenvalue weighted by Gasteiger charge is -2.49. The molecule has 2 bridgehead atoms. The molecule has 3 rings (SSSR count). The molecule has 1 aromatic rings. The van der Waals surface area contributed by atoms with Crippen molar-refractivity contribution < 1.29 is 18.0 Å². The van der Waals surface area contributed by atoms with E-state index in [9.17, 15) is 18.0 Å². The van der Waals surface area contributed by atoms with Gasteiger partial charge in [-0.25, -0.2) is 4.79 Å². The second-order valence-electron chi connectivity index (χ2n) is 7.29. The highest BCUT2D eigenvalue weighted by atomic mass is 19.4. The maximum Gasteiger partial charge on any atom is 0.418 e. The van der Waals surface area contributed by atoms with Crippen LogP contribution in [-0.2, 0) is 6.18 Å². The Balaban J connectivity index is 1.62. The second kappa shape index (κ2) is 7.86. The lowest BCUT2D eigenvalue weighted by Crippen LogP contribution is -2.57. The number of alkyl halides is 3. The number of nitrogens with zero attached hydrogens (tertiary/aromatic N) is 1. The van der Waals surface area contributed by atoms with E-state index >= 15 is 0 Å². The second-order valence-corrected chi connectivity index (χ2v) is 7.29. The molecule has 2 amide bonds. The summed E-state index contributed by atoms with van der Waals surface area (Å²) in [5.74, 6) is 0. The largest absolute Gasteiger partial charge is 0.418 e. The molecule has 0 aliphatic carbocycles. The Kier molecular flexibility index (Phi) is 5.75. The van der Waals surface area contributed by atoms with E-state index in [0.29, 0.717) is 12.1 Å². The van der Waals surface area contributed by atoms with Gasteiger partial charge in [0.1, 0.15) is 0 Å². The summed E-state index contributed by atoms with van der Waals surface area (Å²) in [6, 6.07) is 5.44. The zero-order valence-electron chi connectivity index (χ0n) is 15.0. The van der Waals surface area contributed by atoms with E-state index in [1.54, 1.807) is 0 Å². The summed E-state index contributed by atoms with van der Waals surface area (Å²) in [5.41, 5.74) is -1.04. The Morgan fingerprint density at radius 3 is 2.46 bits per heavy atom. The first kappa shape index (κ1) is 19.0. The topological polar surface area (TPSA) is 44.4 Å². The average molecular weight is 369 g/mol. The molecule has 2 atom stereocenters. The van der Waals surface area contributed by atoms with Gasteiger partial charge in [-0.15, -0.1) is 0 Å². The van der Waals surface area contributed by atoms with Crippen molar-refractivity contribution in [2.24, 2.45) is 0 Å². The van der Waals surface area contributed by atoms with Crippen molar-refractivity contribution in [1.82, 2.24) is 10.2 Å². The summed E-state index contributed by atoms with van der Waals surface area (Å²) in [5, 5.41) is 5.28. The van der Waals surface area contributed by atoms with Crippen LogP contribution in [-0.4, -0.2) is 35.6 Å². The molecule has 26 heavy (non-hydrogen) atoms. The molecule has 2 N–H and O–H groups in total. The van der Waals surface area contributed by atoms with Crippen LogP contribution in [0.15, 0.2) is 24.3 Å². The fourth-order valence-corrected chi connectivity index (χ4v) is 4.40. The van der Waals surface area contributed by atoms with E-state index in [-0.39, 0.29) is 11.7 Å². The number of urea groups is 1. The van der Waals surface area contributed by atoms with E-state index in [4.69, 9.17) is 0 Å². The minimum Gasteiger partial charge on any atom is -0.335 e. The summed E-state index contributed by atoms with van der Waals surface area (Å²) in [6.07, 6.45) is 1.83. The van der Waals surface area contributed by atoms with E-state index in [0.717, 1.165) is 44.7 Å². The lowest BCUT2D eigenvalue weighted by atomic mass is 9.81. The number of para-hydroxylation sites is 1. The molecular formula is C19H26F3N3O. The van der Waals surface area contributed by atoms with Crippen LogP contribution in [0.2, 0.25) is 0 Å². The fourth-order valence-electron chi connectivity index (χ4n) is 4.40. The van der Waals surface area contributed by atoms with Crippen LogP contribution in [0.1, 0.15) is 51.0 Å². The molecule has 2 heterocycles. The molecule has 0 unspecified atom stereocenters. The van der Waals surface area contributed by atoms with Crippen LogP contribution in [0.4, 0.5) is 23.7 Å². The van der Waals surface area contributed by atoms with Crippen LogP contribution in [0.25, 0.3) is 0 Å². The zero-order chi connectivity index (χ0) is 18.7. The summed E-state index contributed by atoms with van der Waals surface area (Å²) >= 11 is 0. The Labute approximate surface area is 152 Å². The lowest BCUT2D eigenvalue weighted by molar-refractivity contribution is -0.136. The van der Waals surface area contributed by atoms with Crippen LogP contribution in [0.3, 0.4) is 0 Å². The summed E-state index contributed by atoms with van der Waals surface area (Å²) in [7, 11) is 0. The van der Waals surface area contributed by atoms with Crippen molar-refractivity contribution in [1.29, 1.82) is 0 Å². The van der Waals surface area contributed by atoms with Crippen LogP contribution < -0.4 is 10.6 Å². The molecular weight excluding hydrogens is 343 g/mol. The van der Waals surface area contributed by atoms with Gasteiger partial charge in [0, 0.05) is 18.1 Å². The normalized spacial score (nSPS) is 26.4. The minimum absolute atomic E-state index is 0.0106. The molecule has 2 fully saturated rings. The number of hydrogen-bond donors (Lipinski definition) is 2. The van der Waals surface area contributed by atoms with Gasteiger partial charge >= 0.3 is 12.2 Å². The third-order valence-corrected chi connectivity index (χ3v) is 5.42. The van der Waals surface area contributed by atoms with Crippen molar-refractivity contribution in [2.75, 3.05) is 11.9 Å². The molecule has 144 valence electrons. The third-order valence-electron chi connectivity index (χ3n) is 5.42. The number of fused-ring (bicyclic) bond motifs is 2. The smallest absolute Gasteiger partial charge is 0.335 e. The molecule has 2 aliphatic rings. The van der Waals surface area contributed by atoms with Gasteiger partial charge in [0.25, 0.3) is 0 Å². The van der Waals surface area contributed by atoms with Crippen LogP contribution in [0.5, 0.6) is 0 Å². The Hall–Kier alpha value is -1.76. The fraction of sp³-hybridized carbons (Fsp3) is 0.632. The summed E-state index contributed by atoms with van der Waals surface area (Å²) in [4.78, 5) is 14.8. The van der Waals surface area contributed by atoms with E-state index < -0.39 is 17.8 Å². The van der Waals surface area contributed by atoms with Gasteiger partial charge in [0.05, 0.1) is 11.3 Å². The van der Waals surface area contributed by atoms with E-state index in [1.165, 1.54) is 24.6 Å².